The normalized spacial score (nSPS) is 10.6. The van der Waals surface area contributed by atoms with E-state index in [0.29, 0.717) is 18.0 Å². The number of benzene rings is 2. The Labute approximate surface area is 171 Å². The number of carbonyl (C=O) groups excluding carboxylic acids is 1. The van der Waals surface area contributed by atoms with E-state index in [-0.39, 0.29) is 17.6 Å². The first kappa shape index (κ1) is 20.3. The van der Waals surface area contributed by atoms with Gasteiger partial charge in [0.2, 0.25) is 0 Å². The van der Waals surface area contributed by atoms with Crippen molar-refractivity contribution in [3.63, 3.8) is 0 Å². The summed E-state index contributed by atoms with van der Waals surface area (Å²) in [5.41, 5.74) is 2.05. The van der Waals surface area contributed by atoms with E-state index in [1.54, 1.807) is 12.3 Å². The van der Waals surface area contributed by atoms with E-state index in [1.165, 1.54) is 11.8 Å². The average molecular weight is 390 g/mol. The van der Waals surface area contributed by atoms with E-state index in [4.69, 9.17) is 4.74 Å². The van der Waals surface area contributed by atoms with Gasteiger partial charge in [-0.2, -0.15) is 0 Å². The Morgan fingerprint density at radius 3 is 2.41 bits per heavy atom. The molecule has 0 radical (unpaired) electrons. The van der Waals surface area contributed by atoms with Gasteiger partial charge < -0.3 is 15.0 Å². The Bertz CT molecular complexity index is 927. The minimum atomic E-state index is -0.324. The summed E-state index contributed by atoms with van der Waals surface area (Å²) in [6, 6.07) is 17.8. The second-order valence-electron chi connectivity index (χ2n) is 6.85. The van der Waals surface area contributed by atoms with Crippen LogP contribution in [-0.4, -0.2) is 28.5 Å². The van der Waals surface area contributed by atoms with Gasteiger partial charge in [0.25, 0.3) is 5.91 Å². The van der Waals surface area contributed by atoms with E-state index >= 15 is 0 Å². The lowest BCUT2D eigenvalue weighted by atomic mass is 10.2. The molecule has 0 aliphatic carbocycles. The summed E-state index contributed by atoms with van der Waals surface area (Å²) in [7, 11) is 0. The maximum absolute atomic E-state index is 12.6. The number of hydrogen-bond acceptors (Lipinski definition) is 5. The quantitative estimate of drug-likeness (QED) is 0.611. The third kappa shape index (κ3) is 5.31. The second-order valence-corrected chi connectivity index (χ2v) is 6.85. The number of nitrogens with one attached hydrogen (secondary N) is 1. The smallest absolute Gasteiger partial charge is 0.275 e. The van der Waals surface area contributed by atoms with Crippen LogP contribution < -0.4 is 15.0 Å². The molecule has 6 nitrogen and oxygen atoms in total. The van der Waals surface area contributed by atoms with Crippen molar-refractivity contribution in [2.75, 3.05) is 16.8 Å². The van der Waals surface area contributed by atoms with E-state index in [0.717, 1.165) is 12.4 Å². The number of para-hydroxylation sites is 2. The lowest BCUT2D eigenvalue weighted by Gasteiger charge is -2.27. The monoisotopic (exact) mass is 390 g/mol. The van der Waals surface area contributed by atoms with Crippen molar-refractivity contribution >= 4 is 17.4 Å². The fraction of sp³-hybridized carbons (Fsp3) is 0.261. The van der Waals surface area contributed by atoms with Gasteiger partial charge in [-0.15, -0.1) is 0 Å². The number of ether oxygens (including phenoxy) is 1. The van der Waals surface area contributed by atoms with E-state index in [2.05, 4.69) is 46.2 Å². The molecule has 0 saturated heterocycles. The van der Waals surface area contributed by atoms with Crippen LogP contribution in [0.3, 0.4) is 0 Å². The molecule has 6 heteroatoms. The Kier molecular flexibility index (Phi) is 6.79. The molecule has 0 unspecified atom stereocenters. The van der Waals surface area contributed by atoms with Gasteiger partial charge in [-0.1, -0.05) is 42.5 Å². The van der Waals surface area contributed by atoms with Crippen LogP contribution in [0.15, 0.2) is 67.0 Å². The minimum absolute atomic E-state index is 0.238. The van der Waals surface area contributed by atoms with Crippen LogP contribution >= 0.6 is 0 Å². The van der Waals surface area contributed by atoms with Gasteiger partial charge in [0, 0.05) is 12.6 Å². The Balaban J connectivity index is 1.74. The maximum atomic E-state index is 12.6. The fourth-order valence-electron chi connectivity index (χ4n) is 2.93. The maximum Gasteiger partial charge on any atom is 0.275 e. The van der Waals surface area contributed by atoms with Crippen LogP contribution in [0.1, 0.15) is 36.8 Å². The Hall–Kier alpha value is -3.41. The zero-order chi connectivity index (χ0) is 20.6. The topological polar surface area (TPSA) is 67.3 Å². The molecule has 0 saturated carbocycles. The molecule has 1 heterocycles. The zero-order valence-electron chi connectivity index (χ0n) is 17.0. The molecule has 0 atom stereocenters. The largest absolute Gasteiger partial charge is 0.492 e. The van der Waals surface area contributed by atoms with Crippen molar-refractivity contribution in [2.45, 2.75) is 33.4 Å². The molecule has 0 spiro atoms. The number of aromatic nitrogens is 2. The van der Waals surface area contributed by atoms with Gasteiger partial charge in [-0.25, -0.2) is 9.97 Å². The minimum Gasteiger partial charge on any atom is -0.492 e. The van der Waals surface area contributed by atoms with Crippen molar-refractivity contribution in [2.24, 2.45) is 0 Å². The third-order valence-corrected chi connectivity index (χ3v) is 4.42. The molecule has 1 amide bonds. The van der Waals surface area contributed by atoms with Crippen molar-refractivity contribution in [1.82, 2.24) is 9.97 Å². The number of rotatable bonds is 8. The molecule has 29 heavy (non-hydrogen) atoms. The van der Waals surface area contributed by atoms with Crippen LogP contribution in [0.5, 0.6) is 5.75 Å². The SMILES string of the molecule is CCOc1ccccc1NC(=O)c1cnc(N(Cc2ccccc2)C(C)C)cn1. The predicted molar refractivity (Wildman–Crippen MR) is 115 cm³/mol. The molecule has 2 aromatic carbocycles. The molecular weight excluding hydrogens is 364 g/mol. The fourth-order valence-corrected chi connectivity index (χ4v) is 2.93. The van der Waals surface area contributed by atoms with E-state index < -0.39 is 0 Å². The Morgan fingerprint density at radius 2 is 1.76 bits per heavy atom. The van der Waals surface area contributed by atoms with Crippen molar-refractivity contribution < 1.29 is 9.53 Å². The molecule has 0 aliphatic rings. The number of amides is 1. The summed E-state index contributed by atoms with van der Waals surface area (Å²) in [5.74, 6) is 1.03. The molecule has 0 bridgehead atoms. The average Bonchev–Trinajstić information content (AvgIpc) is 2.74. The van der Waals surface area contributed by atoms with Crippen LogP contribution in [-0.2, 0) is 6.54 Å². The summed E-state index contributed by atoms with van der Waals surface area (Å²) in [4.78, 5) is 23.6. The summed E-state index contributed by atoms with van der Waals surface area (Å²) in [6.07, 6.45) is 3.15. The van der Waals surface area contributed by atoms with Crippen molar-refractivity contribution in [3.05, 3.63) is 78.2 Å². The van der Waals surface area contributed by atoms with Crippen LogP contribution in [0.2, 0.25) is 0 Å². The number of carbonyl (C=O) groups is 1. The highest BCUT2D eigenvalue weighted by Crippen LogP contribution is 2.24. The molecule has 3 aromatic rings. The zero-order valence-corrected chi connectivity index (χ0v) is 17.0. The molecule has 0 fully saturated rings. The highest BCUT2D eigenvalue weighted by atomic mass is 16.5. The molecule has 150 valence electrons. The lowest BCUT2D eigenvalue weighted by Crippen LogP contribution is -2.31. The van der Waals surface area contributed by atoms with Gasteiger partial charge in [-0.05, 0) is 38.5 Å². The summed E-state index contributed by atoms with van der Waals surface area (Å²) in [5, 5.41) is 2.84. The molecular formula is C23H26N4O2. The van der Waals surface area contributed by atoms with Crippen LogP contribution in [0.4, 0.5) is 11.5 Å². The van der Waals surface area contributed by atoms with Gasteiger partial charge in [0.1, 0.15) is 17.3 Å². The van der Waals surface area contributed by atoms with Crippen molar-refractivity contribution in [1.29, 1.82) is 0 Å². The number of anilines is 2. The predicted octanol–water partition coefficient (Wildman–Crippen LogP) is 4.54. The first-order valence-electron chi connectivity index (χ1n) is 9.74. The standard InChI is InChI=1S/C23H26N4O2/c1-4-29-21-13-9-8-12-19(21)26-23(28)20-14-25-22(15-24-20)27(17(2)3)16-18-10-6-5-7-11-18/h5-15,17H,4,16H2,1-3H3,(H,26,28). The highest BCUT2D eigenvalue weighted by Gasteiger charge is 2.16. The van der Waals surface area contributed by atoms with Crippen LogP contribution in [0, 0.1) is 0 Å². The van der Waals surface area contributed by atoms with E-state index in [1.807, 2.05) is 43.3 Å². The number of nitrogens with zero attached hydrogens (tertiary/aromatic N) is 3. The Morgan fingerprint density at radius 1 is 1.03 bits per heavy atom. The van der Waals surface area contributed by atoms with Gasteiger partial charge >= 0.3 is 0 Å². The summed E-state index contributed by atoms with van der Waals surface area (Å²) < 4.78 is 5.55. The second kappa shape index (κ2) is 9.68. The van der Waals surface area contributed by atoms with E-state index in [9.17, 15) is 4.79 Å². The molecule has 3 rings (SSSR count). The van der Waals surface area contributed by atoms with Gasteiger partial charge in [-0.3, -0.25) is 4.79 Å². The molecule has 1 aromatic heterocycles. The summed E-state index contributed by atoms with van der Waals surface area (Å²) >= 11 is 0. The highest BCUT2D eigenvalue weighted by molar-refractivity contribution is 6.03. The number of hydrogen-bond donors (Lipinski definition) is 1. The van der Waals surface area contributed by atoms with Gasteiger partial charge in [0.15, 0.2) is 0 Å². The third-order valence-electron chi connectivity index (χ3n) is 4.42. The first-order chi connectivity index (χ1) is 14.1. The first-order valence-corrected chi connectivity index (χ1v) is 9.74. The lowest BCUT2D eigenvalue weighted by molar-refractivity contribution is 0.102. The molecule has 1 N–H and O–H groups in total. The molecule has 0 aliphatic heterocycles. The van der Waals surface area contributed by atoms with Crippen LogP contribution in [0.25, 0.3) is 0 Å². The van der Waals surface area contributed by atoms with Crippen molar-refractivity contribution in [3.8, 4) is 5.75 Å². The van der Waals surface area contributed by atoms with Gasteiger partial charge in [0.05, 0.1) is 24.7 Å². The summed E-state index contributed by atoms with van der Waals surface area (Å²) in [6.45, 7) is 7.36.